The number of hydrogen-bond donors (Lipinski definition) is 1. The Morgan fingerprint density at radius 1 is 0.878 bits per heavy atom. The van der Waals surface area contributed by atoms with Gasteiger partial charge in [0.05, 0.1) is 19.1 Å². The van der Waals surface area contributed by atoms with Crippen LogP contribution in [0.25, 0.3) is 6.08 Å². The van der Waals surface area contributed by atoms with E-state index in [4.69, 9.17) is 4.74 Å². The van der Waals surface area contributed by atoms with Crippen LogP contribution in [0.5, 0.6) is 5.75 Å². The van der Waals surface area contributed by atoms with Crippen molar-refractivity contribution in [3.8, 4) is 5.75 Å². The number of nitrogens with one attached hydrogen (secondary N) is 1. The average Bonchev–Trinajstić information content (AvgIpc) is 3.49. The number of rotatable bonds is 5. The molecular formula is C34H25BrN2O4. The Bertz CT molecular complexity index is 1760. The van der Waals surface area contributed by atoms with Crippen molar-refractivity contribution in [2.24, 2.45) is 5.92 Å². The van der Waals surface area contributed by atoms with Gasteiger partial charge in [0.2, 0.25) is 5.91 Å². The fraction of sp³-hybridized carbons (Fsp3) is 0.147. The van der Waals surface area contributed by atoms with Gasteiger partial charge >= 0.3 is 0 Å². The number of methoxy groups -OCH3 is 1. The zero-order valence-electron chi connectivity index (χ0n) is 22.1. The van der Waals surface area contributed by atoms with E-state index < -0.39 is 23.4 Å². The molecule has 0 aliphatic carbocycles. The fourth-order valence-corrected chi connectivity index (χ4v) is 7.17. The first-order chi connectivity index (χ1) is 19.9. The number of carbonyl (C=O) groups excluding carboxylic acids is 3. The predicted octanol–water partition coefficient (Wildman–Crippen LogP) is 6.44. The van der Waals surface area contributed by atoms with E-state index in [-0.39, 0.29) is 17.5 Å². The zero-order valence-corrected chi connectivity index (χ0v) is 23.7. The van der Waals surface area contributed by atoms with E-state index in [1.54, 1.807) is 55.6 Å². The number of carbonyl (C=O) groups is 3. The number of fused-ring (bicyclic) bond motifs is 6. The quantitative estimate of drug-likeness (QED) is 0.265. The molecule has 0 bridgehead atoms. The Balaban J connectivity index is 1.53. The van der Waals surface area contributed by atoms with Crippen LogP contribution in [0.4, 0.5) is 5.69 Å². The summed E-state index contributed by atoms with van der Waals surface area (Å²) in [5, 5.41) is 3.08. The van der Waals surface area contributed by atoms with Gasteiger partial charge in [0.1, 0.15) is 17.2 Å². The van der Waals surface area contributed by atoms with Gasteiger partial charge in [-0.2, -0.15) is 0 Å². The van der Waals surface area contributed by atoms with Crippen LogP contribution < -0.4 is 10.1 Å². The van der Waals surface area contributed by atoms with Crippen LogP contribution in [0.1, 0.15) is 43.4 Å². The Labute approximate surface area is 245 Å². The summed E-state index contributed by atoms with van der Waals surface area (Å²) in [5.41, 5.74) is 2.73. The molecular weight excluding hydrogens is 580 g/mol. The highest BCUT2D eigenvalue weighted by Crippen LogP contribution is 2.62. The molecule has 1 N–H and O–H groups in total. The molecule has 7 heteroatoms. The molecule has 4 aromatic rings. The molecule has 0 radical (unpaired) electrons. The van der Waals surface area contributed by atoms with E-state index in [2.05, 4.69) is 21.2 Å². The van der Waals surface area contributed by atoms with Crippen molar-refractivity contribution in [1.29, 1.82) is 0 Å². The minimum Gasteiger partial charge on any atom is -0.497 e. The molecule has 7 rings (SSSR count). The zero-order chi connectivity index (χ0) is 28.3. The molecule has 1 spiro atoms. The van der Waals surface area contributed by atoms with Gasteiger partial charge in [0.25, 0.3) is 0 Å². The van der Waals surface area contributed by atoms with Crippen LogP contribution in [0, 0.1) is 5.92 Å². The van der Waals surface area contributed by atoms with Crippen LogP contribution in [0.2, 0.25) is 0 Å². The summed E-state index contributed by atoms with van der Waals surface area (Å²) in [5.74, 6) is -1.27. The van der Waals surface area contributed by atoms with Gasteiger partial charge < -0.3 is 15.0 Å². The Kier molecular flexibility index (Phi) is 5.94. The van der Waals surface area contributed by atoms with E-state index in [1.807, 2.05) is 65.7 Å². The second kappa shape index (κ2) is 9.56. The van der Waals surface area contributed by atoms with Gasteiger partial charge in [0.15, 0.2) is 11.6 Å². The average molecular weight is 605 g/mol. The molecule has 1 saturated heterocycles. The summed E-state index contributed by atoms with van der Waals surface area (Å²) in [6, 6.07) is 27.9. The van der Waals surface area contributed by atoms with Crippen molar-refractivity contribution < 1.29 is 19.1 Å². The van der Waals surface area contributed by atoms with Crippen LogP contribution in [0.15, 0.2) is 108 Å². The van der Waals surface area contributed by atoms with Crippen molar-refractivity contribution in [2.45, 2.75) is 17.5 Å². The molecule has 3 aliphatic rings. The van der Waals surface area contributed by atoms with E-state index >= 15 is 0 Å². The molecule has 4 atom stereocenters. The molecule has 1 fully saturated rings. The Morgan fingerprint density at radius 3 is 2.44 bits per heavy atom. The molecule has 1 amide bonds. The highest BCUT2D eigenvalue weighted by atomic mass is 79.9. The number of halogens is 1. The van der Waals surface area contributed by atoms with Crippen molar-refractivity contribution >= 4 is 45.2 Å². The normalized spacial score (nSPS) is 23.5. The molecule has 0 saturated carbocycles. The topological polar surface area (TPSA) is 75.7 Å². The number of nitrogens with zero attached hydrogens (tertiary/aromatic N) is 1. The lowest BCUT2D eigenvalue weighted by atomic mass is 9.62. The van der Waals surface area contributed by atoms with Gasteiger partial charge in [0, 0.05) is 27.5 Å². The number of ketones is 2. The molecule has 202 valence electrons. The summed E-state index contributed by atoms with van der Waals surface area (Å²) >= 11 is 3.46. The summed E-state index contributed by atoms with van der Waals surface area (Å²) in [4.78, 5) is 45.8. The third-order valence-corrected chi connectivity index (χ3v) is 9.13. The maximum absolute atomic E-state index is 14.8. The number of ether oxygens (including phenoxy) is 1. The number of hydrogen-bond acceptors (Lipinski definition) is 5. The minimum absolute atomic E-state index is 0.248. The van der Waals surface area contributed by atoms with Crippen molar-refractivity contribution in [3.05, 3.63) is 136 Å². The molecule has 0 aromatic heterocycles. The van der Waals surface area contributed by atoms with Crippen LogP contribution >= 0.6 is 15.9 Å². The van der Waals surface area contributed by atoms with E-state index in [1.165, 1.54) is 0 Å². The highest BCUT2D eigenvalue weighted by molar-refractivity contribution is 9.10. The number of para-hydroxylation sites is 1. The summed E-state index contributed by atoms with van der Waals surface area (Å²) in [6.45, 7) is 0. The van der Waals surface area contributed by atoms with Gasteiger partial charge in [-0.15, -0.1) is 0 Å². The Morgan fingerprint density at radius 2 is 1.63 bits per heavy atom. The first-order valence-electron chi connectivity index (χ1n) is 13.4. The first-order valence-corrected chi connectivity index (χ1v) is 14.2. The standard InChI is InChI=1S/C34H25BrN2O4/c1-41-24-9-6-8-22(19-24)31(39)29-28(30(38)21-13-15-23(35)16-14-21)34(26-11-4-5-12-27(26)36-33(34)40)32-25-10-3-2-7-20(25)17-18-37(29)32/h2-19,28-29,32H,1H3,(H,36,40)/t28-,29-,32+,34-/m0/s1. The smallest absolute Gasteiger partial charge is 0.238 e. The Hall–Kier alpha value is -4.49. The SMILES string of the molecule is COc1cccc(C(=O)[C@@H]2[C@@H](C(=O)c3ccc(Br)cc3)[C@]3(C(=O)Nc4ccccc43)[C@H]3c4ccccc4C=CN23)c1. The predicted molar refractivity (Wildman–Crippen MR) is 160 cm³/mol. The van der Waals surface area contributed by atoms with E-state index in [0.29, 0.717) is 22.6 Å². The lowest BCUT2D eigenvalue weighted by Gasteiger charge is -2.38. The molecule has 3 aliphatic heterocycles. The summed E-state index contributed by atoms with van der Waals surface area (Å²) in [7, 11) is 1.55. The lowest BCUT2D eigenvalue weighted by Crippen LogP contribution is -2.49. The molecule has 4 aromatic carbocycles. The molecule has 41 heavy (non-hydrogen) atoms. The van der Waals surface area contributed by atoms with Crippen LogP contribution in [-0.4, -0.2) is 35.5 Å². The van der Waals surface area contributed by atoms with Gasteiger partial charge in [-0.1, -0.05) is 82.7 Å². The number of anilines is 1. The molecule has 3 heterocycles. The van der Waals surface area contributed by atoms with Gasteiger partial charge in [-0.25, -0.2) is 0 Å². The van der Waals surface area contributed by atoms with Crippen molar-refractivity contribution in [1.82, 2.24) is 4.90 Å². The first kappa shape index (κ1) is 25.5. The second-order valence-corrected chi connectivity index (χ2v) is 11.5. The molecule has 0 unspecified atom stereocenters. The van der Waals surface area contributed by atoms with Crippen molar-refractivity contribution in [3.63, 3.8) is 0 Å². The molecule has 6 nitrogen and oxygen atoms in total. The van der Waals surface area contributed by atoms with Gasteiger partial charge in [-0.05, 0) is 53.1 Å². The highest BCUT2D eigenvalue weighted by Gasteiger charge is 2.70. The number of Topliss-reactive ketones (excluding diaryl/α,β-unsaturated/α-hetero) is 2. The third kappa shape index (κ3) is 3.65. The summed E-state index contributed by atoms with van der Waals surface area (Å²) < 4.78 is 6.25. The monoisotopic (exact) mass is 604 g/mol. The van der Waals surface area contributed by atoms with Crippen LogP contribution in [-0.2, 0) is 10.2 Å². The third-order valence-electron chi connectivity index (χ3n) is 8.60. The van der Waals surface area contributed by atoms with E-state index in [9.17, 15) is 14.4 Å². The maximum Gasteiger partial charge on any atom is 0.238 e. The largest absolute Gasteiger partial charge is 0.497 e. The second-order valence-electron chi connectivity index (χ2n) is 10.6. The fourth-order valence-electron chi connectivity index (χ4n) is 6.91. The minimum atomic E-state index is -1.36. The number of amides is 1. The van der Waals surface area contributed by atoms with Gasteiger partial charge in [-0.3, -0.25) is 14.4 Å². The number of benzene rings is 4. The summed E-state index contributed by atoms with van der Waals surface area (Å²) in [6.07, 6.45) is 3.83. The maximum atomic E-state index is 14.8. The lowest BCUT2D eigenvalue weighted by molar-refractivity contribution is -0.122. The van der Waals surface area contributed by atoms with E-state index in [0.717, 1.165) is 21.2 Å². The van der Waals surface area contributed by atoms with Crippen molar-refractivity contribution in [2.75, 3.05) is 12.4 Å². The van der Waals surface area contributed by atoms with Crippen LogP contribution in [0.3, 0.4) is 0 Å².